The van der Waals surface area contributed by atoms with Crippen molar-refractivity contribution in [1.29, 1.82) is 0 Å². The standard InChI is InChI=1S/C21H30N2O2S/c1-21(2,26(22)24)14-19(15-8-10-23-11-9-15)18-12-16-6-4-5-7-17(16)13-20(18)25-3/h4-7,12-13,15,19,23H,8-11,14,22H2,1-3H3/t19-,26?/m1/s1. The molecule has 0 spiro atoms. The Labute approximate surface area is 159 Å². The van der Waals surface area contributed by atoms with E-state index in [1.807, 2.05) is 19.9 Å². The van der Waals surface area contributed by atoms with Crippen molar-refractivity contribution in [2.75, 3.05) is 20.2 Å². The minimum Gasteiger partial charge on any atom is -0.496 e. The second kappa shape index (κ2) is 8.07. The van der Waals surface area contributed by atoms with Crippen molar-refractivity contribution in [3.8, 4) is 5.75 Å². The predicted molar refractivity (Wildman–Crippen MR) is 110 cm³/mol. The minimum absolute atomic E-state index is 0.277. The monoisotopic (exact) mass is 374 g/mol. The first-order valence-corrected chi connectivity index (χ1v) is 10.6. The van der Waals surface area contributed by atoms with E-state index >= 15 is 0 Å². The van der Waals surface area contributed by atoms with Gasteiger partial charge in [0.25, 0.3) is 0 Å². The third-order valence-electron chi connectivity index (χ3n) is 5.71. The molecule has 2 atom stereocenters. The molecular weight excluding hydrogens is 344 g/mol. The molecule has 142 valence electrons. The van der Waals surface area contributed by atoms with Gasteiger partial charge < -0.3 is 10.1 Å². The molecule has 26 heavy (non-hydrogen) atoms. The Morgan fingerprint density at radius 2 is 1.85 bits per heavy atom. The van der Waals surface area contributed by atoms with Crippen LogP contribution in [-0.4, -0.2) is 29.2 Å². The summed E-state index contributed by atoms with van der Waals surface area (Å²) in [7, 11) is 0.369. The molecule has 0 radical (unpaired) electrons. The van der Waals surface area contributed by atoms with E-state index in [1.165, 1.54) is 16.3 Å². The predicted octanol–water partition coefficient (Wildman–Crippen LogP) is 3.72. The number of hydrogen-bond donors (Lipinski definition) is 2. The van der Waals surface area contributed by atoms with E-state index in [1.54, 1.807) is 7.11 Å². The van der Waals surface area contributed by atoms with E-state index in [0.29, 0.717) is 5.92 Å². The Kier molecular flexibility index (Phi) is 6.00. The van der Waals surface area contributed by atoms with Gasteiger partial charge in [0, 0.05) is 0 Å². The maximum absolute atomic E-state index is 12.1. The number of nitrogens with one attached hydrogen (secondary N) is 1. The molecule has 1 saturated heterocycles. The number of hydrogen-bond acceptors (Lipinski definition) is 3. The van der Waals surface area contributed by atoms with Crippen LogP contribution in [0.3, 0.4) is 0 Å². The first kappa shape index (κ1) is 19.3. The lowest BCUT2D eigenvalue weighted by Crippen LogP contribution is -2.38. The van der Waals surface area contributed by atoms with Crippen LogP contribution in [0.1, 0.15) is 44.6 Å². The van der Waals surface area contributed by atoms with Gasteiger partial charge in [0.1, 0.15) is 5.75 Å². The Morgan fingerprint density at radius 3 is 2.42 bits per heavy atom. The van der Waals surface area contributed by atoms with E-state index < -0.39 is 15.7 Å². The molecule has 2 aromatic carbocycles. The smallest absolute Gasteiger partial charge is 0.122 e. The van der Waals surface area contributed by atoms with Crippen molar-refractivity contribution in [3.63, 3.8) is 0 Å². The molecule has 0 amide bonds. The average molecular weight is 375 g/mol. The molecule has 3 N–H and O–H groups in total. The molecule has 5 heteroatoms. The third-order valence-corrected chi connectivity index (χ3v) is 6.96. The minimum atomic E-state index is -1.37. The van der Waals surface area contributed by atoms with Gasteiger partial charge in [-0.1, -0.05) is 24.3 Å². The van der Waals surface area contributed by atoms with Crippen LogP contribution in [0.15, 0.2) is 36.4 Å². The quantitative estimate of drug-likeness (QED) is 0.810. The summed E-state index contributed by atoms with van der Waals surface area (Å²) in [6.45, 7) is 6.07. The van der Waals surface area contributed by atoms with Gasteiger partial charge in [-0.2, -0.15) is 0 Å². The molecule has 1 unspecified atom stereocenters. The third kappa shape index (κ3) is 4.11. The lowest BCUT2D eigenvalue weighted by Gasteiger charge is -2.36. The summed E-state index contributed by atoms with van der Waals surface area (Å²) in [5, 5.41) is 11.7. The molecule has 0 aromatic heterocycles. The number of methoxy groups -OCH3 is 1. The fourth-order valence-corrected chi connectivity index (χ4v) is 4.44. The van der Waals surface area contributed by atoms with E-state index in [4.69, 9.17) is 9.88 Å². The highest BCUT2D eigenvalue weighted by Crippen LogP contribution is 2.43. The number of ether oxygens (including phenoxy) is 1. The highest BCUT2D eigenvalue weighted by atomic mass is 32.2. The zero-order valence-corrected chi connectivity index (χ0v) is 16.8. The van der Waals surface area contributed by atoms with Gasteiger partial charge in [0.15, 0.2) is 0 Å². The highest BCUT2D eigenvalue weighted by Gasteiger charge is 2.35. The molecule has 3 rings (SSSR count). The number of rotatable bonds is 6. The van der Waals surface area contributed by atoms with Gasteiger partial charge >= 0.3 is 0 Å². The summed E-state index contributed by atoms with van der Waals surface area (Å²) < 4.78 is 17.5. The summed E-state index contributed by atoms with van der Waals surface area (Å²) in [6.07, 6.45) is 3.03. The summed E-state index contributed by atoms with van der Waals surface area (Å²) in [5.74, 6) is 1.74. The highest BCUT2D eigenvalue weighted by molar-refractivity contribution is 7.84. The Morgan fingerprint density at radius 1 is 1.23 bits per heavy atom. The van der Waals surface area contributed by atoms with Crippen LogP contribution in [0.4, 0.5) is 0 Å². The number of nitrogens with two attached hydrogens (primary N) is 1. The number of piperidine rings is 1. The first-order valence-electron chi connectivity index (χ1n) is 9.36. The number of benzene rings is 2. The zero-order chi connectivity index (χ0) is 18.7. The molecule has 4 nitrogen and oxygen atoms in total. The van der Waals surface area contributed by atoms with Gasteiger partial charge in [-0.15, -0.1) is 0 Å². The normalized spacial score (nSPS) is 18.6. The van der Waals surface area contributed by atoms with E-state index in [-0.39, 0.29) is 5.92 Å². The van der Waals surface area contributed by atoms with Crippen molar-refractivity contribution < 1.29 is 8.95 Å². The summed E-state index contributed by atoms with van der Waals surface area (Å²) in [6, 6.07) is 12.8. The maximum Gasteiger partial charge on any atom is 0.122 e. The second-order valence-corrected chi connectivity index (χ2v) is 9.60. The lowest BCUT2D eigenvalue weighted by molar-refractivity contribution is 0.287. The molecule has 2 aromatic rings. The molecule has 1 aliphatic rings. The topological polar surface area (TPSA) is 64.3 Å². The largest absolute Gasteiger partial charge is 0.496 e. The first-order chi connectivity index (χ1) is 12.4. The van der Waals surface area contributed by atoms with Crippen LogP contribution in [0, 0.1) is 5.92 Å². The molecule has 1 fully saturated rings. The van der Waals surface area contributed by atoms with Gasteiger partial charge in [-0.3, -0.25) is 5.14 Å². The van der Waals surface area contributed by atoms with Crippen molar-refractivity contribution in [2.24, 2.45) is 11.1 Å². The molecular formula is C21H30N2O2S. The zero-order valence-electron chi connectivity index (χ0n) is 16.0. The Hall–Kier alpha value is -1.43. The molecule has 1 aliphatic heterocycles. The van der Waals surface area contributed by atoms with Crippen molar-refractivity contribution in [2.45, 2.75) is 43.8 Å². The van der Waals surface area contributed by atoms with E-state index in [0.717, 1.165) is 38.1 Å². The fraction of sp³-hybridized carbons (Fsp3) is 0.524. The molecule has 0 saturated carbocycles. The fourth-order valence-electron chi connectivity index (χ4n) is 4.09. The van der Waals surface area contributed by atoms with Gasteiger partial charge in [0.05, 0.1) is 22.8 Å². The lowest BCUT2D eigenvalue weighted by atomic mass is 9.75. The molecule has 0 aliphatic carbocycles. The van der Waals surface area contributed by atoms with Crippen molar-refractivity contribution in [1.82, 2.24) is 5.32 Å². The number of fused-ring (bicyclic) bond motifs is 1. The van der Waals surface area contributed by atoms with E-state index in [2.05, 4.69) is 35.6 Å². The average Bonchev–Trinajstić information content (AvgIpc) is 2.65. The summed E-state index contributed by atoms with van der Waals surface area (Å²) in [5.41, 5.74) is 1.22. The molecule has 0 bridgehead atoms. The summed E-state index contributed by atoms with van der Waals surface area (Å²) in [4.78, 5) is 0. The second-order valence-electron chi connectivity index (χ2n) is 7.90. The van der Waals surface area contributed by atoms with Crippen LogP contribution in [0.25, 0.3) is 10.8 Å². The van der Waals surface area contributed by atoms with E-state index in [9.17, 15) is 4.21 Å². The Balaban J connectivity index is 2.07. The van der Waals surface area contributed by atoms with Gasteiger partial charge in [-0.25, -0.2) is 4.21 Å². The molecule has 1 heterocycles. The van der Waals surface area contributed by atoms with Crippen molar-refractivity contribution >= 4 is 21.8 Å². The van der Waals surface area contributed by atoms with Crippen LogP contribution < -0.4 is 15.2 Å². The van der Waals surface area contributed by atoms with Crippen molar-refractivity contribution in [3.05, 3.63) is 42.0 Å². The maximum atomic E-state index is 12.1. The van der Waals surface area contributed by atoms with Crippen LogP contribution >= 0.6 is 0 Å². The summed E-state index contributed by atoms with van der Waals surface area (Å²) >= 11 is 0. The van der Waals surface area contributed by atoms with Gasteiger partial charge in [0.2, 0.25) is 0 Å². The van der Waals surface area contributed by atoms with Gasteiger partial charge in [-0.05, 0) is 86.5 Å². The van der Waals surface area contributed by atoms with Crippen LogP contribution in [0.5, 0.6) is 5.75 Å². The van der Waals surface area contributed by atoms with Crippen LogP contribution in [0.2, 0.25) is 0 Å². The Bertz CT molecular complexity index is 785. The SMILES string of the molecule is COc1cc2ccccc2cc1[C@H](CC(C)(C)S(N)=O)C1CCNCC1. The van der Waals surface area contributed by atoms with Crippen LogP contribution in [-0.2, 0) is 11.0 Å².